The maximum Gasteiger partial charge on any atom is 0.269 e. The summed E-state index contributed by atoms with van der Waals surface area (Å²) in [6.07, 6.45) is 4.18. The zero-order valence-corrected chi connectivity index (χ0v) is 23.7. The van der Waals surface area contributed by atoms with Crippen molar-refractivity contribution >= 4 is 33.2 Å². The third-order valence-electron chi connectivity index (χ3n) is 7.24. The fourth-order valence-electron chi connectivity index (χ4n) is 5.06. The number of sulfonamides is 1. The summed E-state index contributed by atoms with van der Waals surface area (Å²) in [5.41, 5.74) is 0.675. The van der Waals surface area contributed by atoms with Crippen molar-refractivity contribution in [2.24, 2.45) is 0 Å². The van der Waals surface area contributed by atoms with Gasteiger partial charge in [-0.25, -0.2) is 8.42 Å². The van der Waals surface area contributed by atoms with Crippen LogP contribution in [0.15, 0.2) is 89.8 Å². The average Bonchev–Trinajstić information content (AvgIpc) is 3.49. The lowest BCUT2D eigenvalue weighted by Gasteiger charge is -2.33. The number of carbonyl (C=O) groups is 2. The van der Waals surface area contributed by atoms with Gasteiger partial charge in [-0.3, -0.25) is 24.0 Å². The molecule has 1 aliphatic carbocycles. The van der Waals surface area contributed by atoms with Crippen molar-refractivity contribution in [1.29, 1.82) is 0 Å². The number of nitrogens with zero attached hydrogens (tertiary/aromatic N) is 3. The Hall–Kier alpha value is -4.25. The molecule has 0 radical (unpaired) electrons. The monoisotopic (exact) mass is 578 g/mol. The molecule has 1 aliphatic rings. The lowest BCUT2D eigenvalue weighted by Crippen LogP contribution is -2.53. The number of carbonyl (C=O) groups excluding carboxylic acids is 2. The van der Waals surface area contributed by atoms with Crippen LogP contribution in [0.2, 0.25) is 0 Å². The van der Waals surface area contributed by atoms with Crippen LogP contribution in [0, 0.1) is 10.1 Å². The zero-order valence-electron chi connectivity index (χ0n) is 22.9. The maximum atomic E-state index is 14.1. The van der Waals surface area contributed by atoms with Crippen LogP contribution < -0.4 is 9.62 Å². The Morgan fingerprint density at radius 2 is 1.54 bits per heavy atom. The lowest BCUT2D eigenvalue weighted by atomic mass is 10.1. The smallest absolute Gasteiger partial charge is 0.269 e. The molecule has 0 heterocycles. The molecule has 0 aliphatic heterocycles. The summed E-state index contributed by atoms with van der Waals surface area (Å²) in [6, 6.07) is 21.1. The number of nitrogens with one attached hydrogen (secondary N) is 1. The van der Waals surface area contributed by atoms with Gasteiger partial charge >= 0.3 is 0 Å². The van der Waals surface area contributed by atoms with Crippen LogP contribution in [-0.4, -0.2) is 48.7 Å². The number of rotatable bonds is 12. The number of nitro benzene ring substituents is 1. The molecule has 216 valence electrons. The van der Waals surface area contributed by atoms with E-state index in [1.807, 2.05) is 37.3 Å². The predicted octanol–water partition coefficient (Wildman–Crippen LogP) is 4.66. The van der Waals surface area contributed by atoms with E-state index in [1.165, 1.54) is 41.3 Å². The molecule has 3 aromatic rings. The Labute approximate surface area is 240 Å². The molecule has 0 spiro atoms. The van der Waals surface area contributed by atoms with Crippen molar-refractivity contribution in [3.05, 3.63) is 101 Å². The molecule has 0 bridgehead atoms. The minimum atomic E-state index is -4.24. The summed E-state index contributed by atoms with van der Waals surface area (Å²) in [5, 5.41) is 14.3. The Morgan fingerprint density at radius 1 is 0.951 bits per heavy atom. The largest absolute Gasteiger partial charge is 0.352 e. The topological polar surface area (TPSA) is 130 Å². The first kappa shape index (κ1) is 29.7. The highest BCUT2D eigenvalue weighted by atomic mass is 32.2. The molecular formula is C30H34N4O6S. The lowest BCUT2D eigenvalue weighted by molar-refractivity contribution is -0.384. The first-order valence-corrected chi connectivity index (χ1v) is 15.1. The molecule has 1 atom stereocenters. The van der Waals surface area contributed by atoms with Crippen LogP contribution >= 0.6 is 0 Å². The number of hydrogen-bond donors (Lipinski definition) is 1. The maximum absolute atomic E-state index is 14.1. The number of amides is 2. The molecule has 0 aromatic heterocycles. The van der Waals surface area contributed by atoms with Crippen molar-refractivity contribution in [2.45, 2.75) is 62.6 Å². The van der Waals surface area contributed by atoms with Gasteiger partial charge in [0.2, 0.25) is 11.8 Å². The standard InChI is InChI=1S/C30H34N4O6S/c1-2-28(30(36)31-24-13-9-10-14-24)32(21-23-11-5-3-6-12-23)29(35)22-33(25-17-19-26(20-18-25)34(37)38)41(39,40)27-15-7-4-8-16-27/h3-8,11-12,15-20,24,28H,2,9-10,13-14,21-22H2,1H3,(H,31,36)/t28-/m0/s1. The highest BCUT2D eigenvalue weighted by molar-refractivity contribution is 7.92. The van der Waals surface area contributed by atoms with Crippen LogP contribution in [-0.2, 0) is 26.2 Å². The van der Waals surface area contributed by atoms with Crippen molar-refractivity contribution in [2.75, 3.05) is 10.8 Å². The number of nitro groups is 1. The number of anilines is 1. The van der Waals surface area contributed by atoms with Crippen LogP contribution in [0.25, 0.3) is 0 Å². The third kappa shape index (κ3) is 7.29. The molecular weight excluding hydrogens is 544 g/mol. The van der Waals surface area contributed by atoms with E-state index in [1.54, 1.807) is 18.2 Å². The van der Waals surface area contributed by atoms with E-state index in [-0.39, 0.29) is 34.8 Å². The quantitative estimate of drug-likeness (QED) is 0.246. The molecule has 3 aromatic carbocycles. The second kappa shape index (κ2) is 13.4. The average molecular weight is 579 g/mol. The SMILES string of the molecule is CC[C@@H](C(=O)NC1CCCC1)N(Cc1ccccc1)C(=O)CN(c1ccc([N+](=O)[O-])cc1)S(=O)(=O)c1ccccc1. The molecule has 41 heavy (non-hydrogen) atoms. The molecule has 0 unspecified atom stereocenters. The van der Waals surface area contributed by atoms with Gasteiger partial charge in [0.05, 0.1) is 15.5 Å². The first-order valence-electron chi connectivity index (χ1n) is 13.7. The molecule has 4 rings (SSSR count). The molecule has 0 saturated heterocycles. The highest BCUT2D eigenvalue weighted by Crippen LogP contribution is 2.27. The van der Waals surface area contributed by atoms with Gasteiger partial charge < -0.3 is 10.2 Å². The fourth-order valence-corrected chi connectivity index (χ4v) is 6.49. The van der Waals surface area contributed by atoms with Gasteiger partial charge in [-0.1, -0.05) is 68.3 Å². The first-order chi connectivity index (χ1) is 19.7. The van der Waals surface area contributed by atoms with E-state index in [2.05, 4.69) is 5.32 Å². The molecule has 1 saturated carbocycles. The summed E-state index contributed by atoms with van der Waals surface area (Å²) in [7, 11) is -4.24. The van der Waals surface area contributed by atoms with Crippen LogP contribution in [0.1, 0.15) is 44.6 Å². The summed E-state index contributed by atoms with van der Waals surface area (Å²) in [6.45, 7) is 1.32. The Kier molecular flexibility index (Phi) is 9.72. The van der Waals surface area contributed by atoms with Gasteiger partial charge in [-0.15, -0.1) is 0 Å². The van der Waals surface area contributed by atoms with E-state index < -0.39 is 33.4 Å². The van der Waals surface area contributed by atoms with Crippen molar-refractivity contribution in [1.82, 2.24) is 10.2 Å². The summed E-state index contributed by atoms with van der Waals surface area (Å²) >= 11 is 0. The van der Waals surface area contributed by atoms with E-state index in [0.717, 1.165) is 35.6 Å². The van der Waals surface area contributed by atoms with Crippen LogP contribution in [0.5, 0.6) is 0 Å². The second-order valence-corrected chi connectivity index (χ2v) is 11.9. The van der Waals surface area contributed by atoms with Crippen molar-refractivity contribution in [3.63, 3.8) is 0 Å². The Bertz CT molecular complexity index is 1440. The summed E-state index contributed by atoms with van der Waals surface area (Å²) in [4.78, 5) is 39.5. The molecule has 1 fully saturated rings. The minimum absolute atomic E-state index is 0.0354. The Morgan fingerprint density at radius 3 is 2.10 bits per heavy atom. The summed E-state index contributed by atoms with van der Waals surface area (Å²) < 4.78 is 28.6. The highest BCUT2D eigenvalue weighted by Gasteiger charge is 2.34. The van der Waals surface area contributed by atoms with Crippen LogP contribution in [0.3, 0.4) is 0 Å². The zero-order chi connectivity index (χ0) is 29.4. The third-order valence-corrected chi connectivity index (χ3v) is 9.03. The number of hydrogen-bond acceptors (Lipinski definition) is 6. The van der Waals surface area contributed by atoms with Gasteiger partial charge in [-0.05, 0) is 49.1 Å². The molecule has 11 heteroatoms. The van der Waals surface area contributed by atoms with Gasteiger partial charge in [0.15, 0.2) is 0 Å². The summed E-state index contributed by atoms with van der Waals surface area (Å²) in [5.74, 6) is -0.836. The van der Waals surface area contributed by atoms with E-state index >= 15 is 0 Å². The number of non-ortho nitro benzene ring substituents is 1. The van der Waals surface area contributed by atoms with E-state index in [4.69, 9.17) is 0 Å². The fraction of sp³-hybridized carbons (Fsp3) is 0.333. The van der Waals surface area contributed by atoms with Gasteiger partial charge in [0.25, 0.3) is 15.7 Å². The molecule has 1 N–H and O–H groups in total. The normalized spacial score (nSPS) is 14.3. The van der Waals surface area contributed by atoms with Crippen molar-refractivity contribution in [3.8, 4) is 0 Å². The van der Waals surface area contributed by atoms with Gasteiger partial charge in [0, 0.05) is 24.7 Å². The van der Waals surface area contributed by atoms with Gasteiger partial charge in [0.1, 0.15) is 12.6 Å². The van der Waals surface area contributed by atoms with E-state index in [0.29, 0.717) is 6.42 Å². The Balaban J connectivity index is 1.70. The molecule has 10 nitrogen and oxygen atoms in total. The van der Waals surface area contributed by atoms with Gasteiger partial charge in [-0.2, -0.15) is 0 Å². The number of benzene rings is 3. The minimum Gasteiger partial charge on any atom is -0.352 e. The predicted molar refractivity (Wildman–Crippen MR) is 156 cm³/mol. The van der Waals surface area contributed by atoms with Crippen LogP contribution in [0.4, 0.5) is 11.4 Å². The van der Waals surface area contributed by atoms with Crippen molar-refractivity contribution < 1.29 is 22.9 Å². The van der Waals surface area contributed by atoms with E-state index in [9.17, 15) is 28.1 Å². The molecule has 2 amide bonds. The second-order valence-electron chi connectivity index (χ2n) is 10.0.